The van der Waals surface area contributed by atoms with E-state index in [1.165, 1.54) is 32.1 Å². The zero-order chi connectivity index (χ0) is 10.7. The molecule has 0 aromatic heterocycles. The number of hydrogen-bond donors (Lipinski definition) is 2. The lowest BCUT2D eigenvalue weighted by Gasteiger charge is -2.11. The summed E-state index contributed by atoms with van der Waals surface area (Å²) < 4.78 is 0. The first-order valence-corrected chi connectivity index (χ1v) is 6.27. The highest BCUT2D eigenvalue weighted by molar-refractivity contribution is 5.76. The highest BCUT2D eigenvalue weighted by Crippen LogP contribution is 2.24. The van der Waals surface area contributed by atoms with Crippen LogP contribution in [0.15, 0.2) is 0 Å². The van der Waals surface area contributed by atoms with Gasteiger partial charge in [0.25, 0.3) is 0 Å². The van der Waals surface area contributed by atoms with Gasteiger partial charge in [-0.3, -0.25) is 4.79 Å². The topological polar surface area (TPSA) is 41.1 Å². The first kappa shape index (κ1) is 10.9. The van der Waals surface area contributed by atoms with Crippen molar-refractivity contribution >= 4 is 5.91 Å². The summed E-state index contributed by atoms with van der Waals surface area (Å²) in [7, 11) is 0. The van der Waals surface area contributed by atoms with Crippen molar-refractivity contribution in [2.45, 2.75) is 57.5 Å². The van der Waals surface area contributed by atoms with E-state index in [1.807, 2.05) is 0 Å². The zero-order valence-corrected chi connectivity index (χ0v) is 9.59. The quantitative estimate of drug-likeness (QED) is 0.721. The van der Waals surface area contributed by atoms with Gasteiger partial charge in [0.15, 0.2) is 0 Å². The third-order valence-electron chi connectivity index (χ3n) is 3.42. The van der Waals surface area contributed by atoms with Crippen LogP contribution in [0, 0.1) is 5.92 Å². The van der Waals surface area contributed by atoms with Crippen molar-refractivity contribution in [2.75, 3.05) is 6.54 Å². The number of nitrogens with one attached hydrogen (secondary N) is 2. The standard InChI is InChI=1S/C12H22N2O/c1-9-2-3-11(8-9)13-7-6-12(15)14-10-4-5-10/h9-11,13H,2-8H2,1H3,(H,14,15). The molecule has 3 nitrogen and oxygen atoms in total. The van der Waals surface area contributed by atoms with Crippen molar-refractivity contribution in [1.82, 2.24) is 10.6 Å². The van der Waals surface area contributed by atoms with Crippen LogP contribution in [0.3, 0.4) is 0 Å². The predicted octanol–water partition coefficient (Wildman–Crippen LogP) is 1.43. The average Bonchev–Trinajstić information content (AvgIpc) is 2.89. The molecule has 2 rings (SSSR count). The highest BCUT2D eigenvalue weighted by Gasteiger charge is 2.23. The van der Waals surface area contributed by atoms with Crippen LogP contribution in [-0.2, 0) is 4.79 Å². The van der Waals surface area contributed by atoms with Gasteiger partial charge in [-0.1, -0.05) is 6.92 Å². The molecule has 0 bridgehead atoms. The summed E-state index contributed by atoms with van der Waals surface area (Å²) in [6, 6.07) is 1.16. The fraction of sp³-hybridized carbons (Fsp3) is 0.917. The Balaban J connectivity index is 1.52. The summed E-state index contributed by atoms with van der Waals surface area (Å²) in [6.45, 7) is 3.15. The maximum absolute atomic E-state index is 11.4. The second-order valence-electron chi connectivity index (χ2n) is 5.16. The molecular formula is C12H22N2O. The normalized spacial score (nSPS) is 30.5. The SMILES string of the molecule is CC1CCC(NCCC(=O)NC2CC2)C1. The van der Waals surface area contributed by atoms with Gasteiger partial charge in [0.2, 0.25) is 5.91 Å². The maximum atomic E-state index is 11.4. The van der Waals surface area contributed by atoms with Gasteiger partial charge in [-0.25, -0.2) is 0 Å². The van der Waals surface area contributed by atoms with Gasteiger partial charge in [0.1, 0.15) is 0 Å². The first-order chi connectivity index (χ1) is 7.24. The molecule has 1 amide bonds. The van der Waals surface area contributed by atoms with Crippen LogP contribution in [0.2, 0.25) is 0 Å². The van der Waals surface area contributed by atoms with E-state index in [0.29, 0.717) is 18.5 Å². The van der Waals surface area contributed by atoms with Gasteiger partial charge >= 0.3 is 0 Å². The second-order valence-corrected chi connectivity index (χ2v) is 5.16. The first-order valence-electron chi connectivity index (χ1n) is 6.27. The van der Waals surface area contributed by atoms with Gasteiger partial charge in [0, 0.05) is 25.0 Å². The molecule has 2 saturated carbocycles. The molecule has 0 radical (unpaired) electrons. The molecule has 3 heteroatoms. The molecule has 2 atom stereocenters. The third kappa shape index (κ3) is 3.82. The fourth-order valence-corrected chi connectivity index (χ4v) is 2.31. The molecular weight excluding hydrogens is 188 g/mol. The van der Waals surface area contributed by atoms with Gasteiger partial charge in [-0.15, -0.1) is 0 Å². The van der Waals surface area contributed by atoms with E-state index >= 15 is 0 Å². The van der Waals surface area contributed by atoms with Gasteiger partial charge < -0.3 is 10.6 Å². The van der Waals surface area contributed by atoms with E-state index < -0.39 is 0 Å². The Morgan fingerprint density at radius 3 is 2.53 bits per heavy atom. The Kier molecular flexibility index (Phi) is 3.62. The average molecular weight is 210 g/mol. The molecule has 86 valence electrons. The molecule has 2 aliphatic rings. The van der Waals surface area contributed by atoms with Crippen LogP contribution >= 0.6 is 0 Å². The molecule has 0 heterocycles. The Morgan fingerprint density at radius 1 is 1.20 bits per heavy atom. The molecule has 2 unspecified atom stereocenters. The molecule has 0 aliphatic heterocycles. The number of hydrogen-bond acceptors (Lipinski definition) is 2. The molecule has 0 aromatic rings. The van der Waals surface area contributed by atoms with Crippen LogP contribution in [-0.4, -0.2) is 24.5 Å². The largest absolute Gasteiger partial charge is 0.353 e. The lowest BCUT2D eigenvalue weighted by atomic mass is 10.1. The second kappa shape index (κ2) is 4.97. The van der Waals surface area contributed by atoms with Gasteiger partial charge in [0.05, 0.1) is 0 Å². The van der Waals surface area contributed by atoms with Crippen molar-refractivity contribution < 1.29 is 4.79 Å². The van der Waals surface area contributed by atoms with E-state index in [-0.39, 0.29) is 5.91 Å². The van der Waals surface area contributed by atoms with Crippen molar-refractivity contribution in [3.63, 3.8) is 0 Å². The monoisotopic (exact) mass is 210 g/mol. The summed E-state index contributed by atoms with van der Waals surface area (Å²) >= 11 is 0. The molecule has 15 heavy (non-hydrogen) atoms. The maximum Gasteiger partial charge on any atom is 0.221 e. The molecule has 2 N–H and O–H groups in total. The van der Waals surface area contributed by atoms with Crippen molar-refractivity contribution in [1.29, 1.82) is 0 Å². The Labute approximate surface area is 92.0 Å². The van der Waals surface area contributed by atoms with Crippen LogP contribution in [0.4, 0.5) is 0 Å². The van der Waals surface area contributed by atoms with Crippen LogP contribution in [0.1, 0.15) is 45.4 Å². The van der Waals surface area contributed by atoms with E-state index in [0.717, 1.165) is 12.5 Å². The summed E-state index contributed by atoms with van der Waals surface area (Å²) in [4.78, 5) is 11.4. The summed E-state index contributed by atoms with van der Waals surface area (Å²) in [6.07, 6.45) is 6.90. The van der Waals surface area contributed by atoms with E-state index in [9.17, 15) is 4.79 Å². The number of carbonyl (C=O) groups is 1. The minimum Gasteiger partial charge on any atom is -0.353 e. The Bertz CT molecular complexity index is 226. The minimum absolute atomic E-state index is 0.219. The lowest BCUT2D eigenvalue weighted by Crippen LogP contribution is -2.33. The molecule has 2 fully saturated rings. The van der Waals surface area contributed by atoms with Crippen LogP contribution < -0.4 is 10.6 Å². The van der Waals surface area contributed by atoms with Crippen molar-refractivity contribution in [3.8, 4) is 0 Å². The fourth-order valence-electron chi connectivity index (χ4n) is 2.31. The van der Waals surface area contributed by atoms with Crippen molar-refractivity contribution in [2.24, 2.45) is 5.92 Å². The van der Waals surface area contributed by atoms with E-state index in [4.69, 9.17) is 0 Å². The minimum atomic E-state index is 0.219. The number of carbonyl (C=O) groups excluding carboxylic acids is 1. The van der Waals surface area contributed by atoms with Crippen LogP contribution in [0.5, 0.6) is 0 Å². The van der Waals surface area contributed by atoms with E-state index in [1.54, 1.807) is 0 Å². The van der Waals surface area contributed by atoms with Crippen LogP contribution in [0.25, 0.3) is 0 Å². The van der Waals surface area contributed by atoms with Crippen molar-refractivity contribution in [3.05, 3.63) is 0 Å². The number of rotatable bonds is 5. The zero-order valence-electron chi connectivity index (χ0n) is 9.59. The van der Waals surface area contributed by atoms with E-state index in [2.05, 4.69) is 17.6 Å². The Morgan fingerprint density at radius 2 is 1.93 bits per heavy atom. The number of amides is 1. The summed E-state index contributed by atoms with van der Waals surface area (Å²) in [5.41, 5.74) is 0. The van der Waals surface area contributed by atoms with Gasteiger partial charge in [-0.2, -0.15) is 0 Å². The summed E-state index contributed by atoms with van der Waals surface area (Å²) in [5, 5.41) is 6.48. The molecule has 0 saturated heterocycles. The predicted molar refractivity (Wildman–Crippen MR) is 60.6 cm³/mol. The molecule has 0 aromatic carbocycles. The van der Waals surface area contributed by atoms with Gasteiger partial charge in [-0.05, 0) is 38.0 Å². The molecule has 2 aliphatic carbocycles. The third-order valence-corrected chi connectivity index (χ3v) is 3.42. The molecule has 0 spiro atoms. The Hall–Kier alpha value is -0.570. The lowest BCUT2D eigenvalue weighted by molar-refractivity contribution is -0.121. The summed E-state index contributed by atoms with van der Waals surface area (Å²) in [5.74, 6) is 1.08. The smallest absolute Gasteiger partial charge is 0.221 e. The highest BCUT2D eigenvalue weighted by atomic mass is 16.1.